The van der Waals surface area contributed by atoms with E-state index in [1.807, 2.05) is 122 Å². The highest BCUT2D eigenvalue weighted by Gasteiger charge is 2.16. The number of hydrogen-bond acceptors (Lipinski definition) is 7. The third-order valence-corrected chi connectivity index (χ3v) is 9.47. The predicted molar refractivity (Wildman–Crippen MR) is 279 cm³/mol. The van der Waals surface area contributed by atoms with Crippen LogP contribution in [0.5, 0.6) is 5.75 Å². The molecule has 0 saturated heterocycles. The van der Waals surface area contributed by atoms with Crippen LogP contribution in [0.4, 0.5) is 0 Å². The van der Waals surface area contributed by atoms with Gasteiger partial charge >= 0.3 is 0 Å². The van der Waals surface area contributed by atoms with Gasteiger partial charge in [-0.3, -0.25) is 0 Å². The fourth-order valence-electron chi connectivity index (χ4n) is 5.97. The maximum absolute atomic E-state index is 5.69. The smallest absolute Gasteiger partial charge is 0.119 e. The van der Waals surface area contributed by atoms with Crippen molar-refractivity contribution in [2.75, 3.05) is 13.7 Å². The van der Waals surface area contributed by atoms with Crippen LogP contribution in [-0.4, -0.2) is 67.6 Å². The van der Waals surface area contributed by atoms with E-state index in [0.717, 1.165) is 32.0 Å². The fraction of sp³-hybridized carbons (Fsp3) is 0.690. The van der Waals surface area contributed by atoms with Crippen LogP contribution in [0.25, 0.3) is 0 Å². The van der Waals surface area contributed by atoms with Gasteiger partial charge in [-0.15, -0.1) is 0 Å². The number of benzene rings is 3. The van der Waals surface area contributed by atoms with E-state index in [-0.39, 0.29) is 17.3 Å². The predicted octanol–water partition coefficient (Wildman–Crippen LogP) is 16.4. The average molecular weight is 911 g/mol. The summed E-state index contributed by atoms with van der Waals surface area (Å²) in [5.74, 6) is 0.942. The number of ether oxygens (including phenoxy) is 7. The molecule has 0 aliphatic heterocycles. The zero-order valence-corrected chi connectivity index (χ0v) is 45.3. The zero-order valence-electron chi connectivity index (χ0n) is 45.3. The summed E-state index contributed by atoms with van der Waals surface area (Å²) in [4.78, 5) is 0. The minimum absolute atomic E-state index is 0.0417. The molecule has 0 radical (unpaired) electrons. The summed E-state index contributed by atoms with van der Waals surface area (Å²) in [6.07, 6.45) is 16.1. The highest BCUT2D eigenvalue weighted by Crippen LogP contribution is 2.22. The van der Waals surface area contributed by atoms with Gasteiger partial charge in [0.2, 0.25) is 0 Å². The molecule has 1 unspecified atom stereocenters. The second kappa shape index (κ2) is 40.3. The van der Waals surface area contributed by atoms with E-state index in [1.165, 1.54) is 68.9 Å². The lowest BCUT2D eigenvalue weighted by Gasteiger charge is -2.23. The van der Waals surface area contributed by atoms with Crippen LogP contribution in [0.15, 0.2) is 91.0 Å². The van der Waals surface area contributed by atoms with Gasteiger partial charge in [-0.1, -0.05) is 118 Å². The van der Waals surface area contributed by atoms with Crippen molar-refractivity contribution in [1.82, 2.24) is 0 Å². The van der Waals surface area contributed by atoms with Gasteiger partial charge in [-0.05, 0) is 166 Å². The minimum atomic E-state index is 0.0417. The average Bonchev–Trinajstić information content (AvgIpc) is 3.76. The Morgan fingerprint density at radius 1 is 0.477 bits per heavy atom. The Hall–Kier alpha value is -2.78. The molecule has 1 atom stereocenters. The Morgan fingerprint density at radius 2 is 0.846 bits per heavy atom. The van der Waals surface area contributed by atoms with Crippen LogP contribution in [0, 0.1) is 0 Å². The summed E-state index contributed by atoms with van der Waals surface area (Å²) < 4.78 is 37.9. The molecule has 0 aromatic heterocycles. The maximum atomic E-state index is 5.69. The lowest BCUT2D eigenvalue weighted by molar-refractivity contribution is -0.0118. The molecule has 376 valence electrons. The van der Waals surface area contributed by atoms with Gasteiger partial charge in [-0.2, -0.15) is 0 Å². The van der Waals surface area contributed by atoms with Crippen molar-refractivity contribution in [1.29, 1.82) is 0 Å². The van der Waals surface area contributed by atoms with Crippen LogP contribution >= 0.6 is 0 Å². The van der Waals surface area contributed by atoms with E-state index in [4.69, 9.17) is 33.2 Å². The molecular formula is C58H102O7. The Bertz CT molecular complexity index is 1390. The van der Waals surface area contributed by atoms with Gasteiger partial charge in [0.1, 0.15) is 5.75 Å². The molecule has 0 N–H and O–H groups in total. The van der Waals surface area contributed by atoms with Gasteiger partial charge in [0.15, 0.2) is 0 Å². The highest BCUT2D eigenvalue weighted by atomic mass is 16.5. The first-order valence-corrected chi connectivity index (χ1v) is 25.1. The molecule has 2 saturated carbocycles. The van der Waals surface area contributed by atoms with E-state index in [2.05, 4.69) is 86.6 Å². The number of rotatable bonds is 14. The summed E-state index contributed by atoms with van der Waals surface area (Å²) in [5, 5.41) is 0. The molecule has 0 bridgehead atoms. The Balaban J connectivity index is 0. The van der Waals surface area contributed by atoms with Crippen molar-refractivity contribution in [2.45, 2.75) is 249 Å². The lowest BCUT2D eigenvalue weighted by Crippen LogP contribution is -2.20. The first kappa shape index (κ1) is 64.3. The number of para-hydroxylation sites is 1. The van der Waals surface area contributed by atoms with Crippen LogP contribution in [0.1, 0.15) is 193 Å². The molecule has 7 heteroatoms. The minimum Gasteiger partial charge on any atom is -0.491 e. The van der Waals surface area contributed by atoms with Gasteiger partial charge < -0.3 is 33.2 Å². The first-order valence-electron chi connectivity index (χ1n) is 25.1. The van der Waals surface area contributed by atoms with Gasteiger partial charge in [0, 0.05) is 13.7 Å². The van der Waals surface area contributed by atoms with E-state index in [9.17, 15) is 0 Å². The Morgan fingerprint density at radius 3 is 1.14 bits per heavy atom. The van der Waals surface area contributed by atoms with E-state index in [1.54, 1.807) is 7.11 Å². The van der Waals surface area contributed by atoms with Crippen molar-refractivity contribution in [3.8, 4) is 5.75 Å². The molecule has 65 heavy (non-hydrogen) atoms. The normalized spacial score (nSPS) is 14.4. The van der Waals surface area contributed by atoms with Crippen LogP contribution in [0.3, 0.4) is 0 Å². The standard InChI is InChI=1S/C11H16O.C10H14O.C9H18O.C9H12O.C8H16O.C6H14O.C5H12O/c1-3-10(2)12-9-11-7-5-4-6-8-11;1-9(2)11-8-10-6-4-3-5-7-10;2*1-8(2)10-9-6-4-3-5-7-9;1-7(2)9-8-5-3-4-6-8;1-5-7-6(2,3)4;1-5(2,3)6-4/h4-8,10H,3,9H2,1-2H3;3-7,9H,8H2,1-2H3;8-9H,3-7H2,1-2H3;3-8H,1-2H3;7-8H,3-6H2,1-2H3;5H2,1-4H3;1-4H3. The molecule has 0 amide bonds. The molecular weight excluding hydrogens is 809 g/mol. The third-order valence-electron chi connectivity index (χ3n) is 9.47. The van der Waals surface area contributed by atoms with Crippen molar-refractivity contribution in [3.05, 3.63) is 102 Å². The van der Waals surface area contributed by atoms with E-state index >= 15 is 0 Å². The molecule has 2 aliphatic carbocycles. The largest absolute Gasteiger partial charge is 0.491 e. The van der Waals surface area contributed by atoms with Crippen LogP contribution < -0.4 is 4.74 Å². The Labute approximate surface area is 402 Å². The van der Waals surface area contributed by atoms with Crippen LogP contribution in [0.2, 0.25) is 0 Å². The molecule has 2 aliphatic rings. The molecule has 5 rings (SSSR count). The van der Waals surface area contributed by atoms with Crippen molar-refractivity contribution in [2.24, 2.45) is 0 Å². The molecule has 0 spiro atoms. The summed E-state index contributed by atoms with van der Waals surface area (Å²) >= 11 is 0. The SMILES string of the molecule is CC(C)OC1CCCC1.CC(C)OC1CCCCC1.CC(C)OCc1ccccc1.CC(C)Oc1ccccc1.CCC(C)OCc1ccccc1.CCOC(C)(C)C.COC(C)(C)C. The Kier molecular flexibility index (Phi) is 39.9. The highest BCUT2D eigenvalue weighted by molar-refractivity contribution is 5.21. The van der Waals surface area contributed by atoms with Crippen molar-refractivity contribution in [3.63, 3.8) is 0 Å². The summed E-state index contributed by atoms with van der Waals surface area (Å²) in [6.45, 7) is 37.3. The summed E-state index contributed by atoms with van der Waals surface area (Å²) in [7, 11) is 1.71. The lowest BCUT2D eigenvalue weighted by atomic mass is 9.98. The second-order valence-corrected chi connectivity index (χ2v) is 19.7. The van der Waals surface area contributed by atoms with E-state index in [0.29, 0.717) is 36.6 Å². The zero-order chi connectivity index (χ0) is 49.5. The molecule has 3 aromatic rings. The molecule has 2 fully saturated rings. The monoisotopic (exact) mass is 911 g/mol. The third kappa shape index (κ3) is 47.5. The van der Waals surface area contributed by atoms with Crippen LogP contribution in [-0.2, 0) is 41.6 Å². The summed E-state index contributed by atoms with van der Waals surface area (Å²) in [5.41, 5.74) is 2.58. The molecule has 7 nitrogen and oxygen atoms in total. The second-order valence-electron chi connectivity index (χ2n) is 19.7. The summed E-state index contributed by atoms with van der Waals surface area (Å²) in [6, 6.07) is 30.3. The van der Waals surface area contributed by atoms with Gasteiger partial charge in [0.05, 0.1) is 67.1 Å². The quantitative estimate of drug-likeness (QED) is 0.160. The fourth-order valence-corrected chi connectivity index (χ4v) is 5.97. The first-order chi connectivity index (χ1) is 30.6. The van der Waals surface area contributed by atoms with Crippen molar-refractivity contribution >= 4 is 0 Å². The molecule has 3 aromatic carbocycles. The molecule has 0 heterocycles. The number of methoxy groups -OCH3 is 1. The topological polar surface area (TPSA) is 64.6 Å². The van der Waals surface area contributed by atoms with Gasteiger partial charge in [-0.25, -0.2) is 0 Å². The number of hydrogen-bond donors (Lipinski definition) is 0. The van der Waals surface area contributed by atoms with Gasteiger partial charge in [0.25, 0.3) is 0 Å². The maximum Gasteiger partial charge on any atom is 0.119 e. The van der Waals surface area contributed by atoms with E-state index < -0.39 is 0 Å². The van der Waals surface area contributed by atoms with Crippen molar-refractivity contribution < 1.29 is 33.2 Å².